The second-order valence-corrected chi connectivity index (χ2v) is 9.74. The van der Waals surface area contributed by atoms with Crippen molar-refractivity contribution in [2.45, 2.75) is 38.8 Å². The number of carbonyl (C=O) groups is 2. The van der Waals surface area contributed by atoms with Crippen LogP contribution in [0.5, 0.6) is 0 Å². The first-order valence-corrected chi connectivity index (χ1v) is 13.0. The van der Waals surface area contributed by atoms with E-state index >= 15 is 0 Å². The lowest BCUT2D eigenvalue weighted by Gasteiger charge is -2.37. The molecule has 0 spiro atoms. The highest BCUT2D eigenvalue weighted by Crippen LogP contribution is 2.37. The van der Waals surface area contributed by atoms with Crippen LogP contribution in [-0.4, -0.2) is 47.9 Å². The van der Waals surface area contributed by atoms with Gasteiger partial charge in [-0.3, -0.25) is 9.59 Å². The number of ether oxygens (including phenoxy) is 1. The summed E-state index contributed by atoms with van der Waals surface area (Å²) in [6.07, 6.45) is 2.51. The van der Waals surface area contributed by atoms with Gasteiger partial charge in [0.05, 0.1) is 19.2 Å². The zero-order chi connectivity index (χ0) is 24.6. The van der Waals surface area contributed by atoms with Gasteiger partial charge in [-0.05, 0) is 53.1 Å². The average molecular weight is 495 g/mol. The number of nitrogens with zero attached hydrogens (tertiary/aromatic N) is 2. The third kappa shape index (κ3) is 6.35. The highest BCUT2D eigenvalue weighted by Gasteiger charge is 2.34. The lowest BCUT2D eigenvalue weighted by molar-refractivity contribution is -0.144. The second kappa shape index (κ2) is 12.1. The molecule has 1 aliphatic rings. The Morgan fingerprint density at radius 2 is 1.89 bits per heavy atom. The fourth-order valence-corrected chi connectivity index (χ4v) is 5.31. The maximum Gasteiger partial charge on any atom is 0.249 e. The largest absolute Gasteiger partial charge is 0.367 e. The minimum atomic E-state index is -0.306. The molecule has 1 atom stereocenters. The van der Waals surface area contributed by atoms with Crippen LogP contribution in [0.15, 0.2) is 66.0 Å². The Kier molecular flexibility index (Phi) is 8.66. The molecule has 0 aliphatic carbocycles. The van der Waals surface area contributed by atoms with E-state index in [4.69, 9.17) is 4.74 Å². The molecule has 3 aromatic rings. The molecule has 2 amide bonds. The number of unbranched alkanes of at least 4 members (excludes halogenated alkanes) is 1. The van der Waals surface area contributed by atoms with Gasteiger partial charge in [0.25, 0.3) is 0 Å². The van der Waals surface area contributed by atoms with Crippen LogP contribution in [0.4, 0.5) is 4.39 Å². The number of hydrogen-bond acceptors (Lipinski definition) is 4. The fourth-order valence-electron chi connectivity index (χ4n) is 4.41. The van der Waals surface area contributed by atoms with Crippen molar-refractivity contribution < 1.29 is 18.7 Å². The van der Waals surface area contributed by atoms with Gasteiger partial charge in [0.1, 0.15) is 12.4 Å². The SMILES string of the molecule is CCCCN(CC(=O)N1CCc2sccc2C1c1ccc(F)cc1)C(=O)COCc1ccccc1. The van der Waals surface area contributed by atoms with Crippen LogP contribution in [0, 0.1) is 5.82 Å². The topological polar surface area (TPSA) is 49.9 Å². The van der Waals surface area contributed by atoms with Crippen molar-refractivity contribution in [3.63, 3.8) is 0 Å². The Bertz CT molecular complexity index is 1120. The molecule has 2 heterocycles. The maximum atomic E-state index is 13.6. The molecular weight excluding hydrogens is 463 g/mol. The monoisotopic (exact) mass is 494 g/mol. The molecule has 0 saturated carbocycles. The fraction of sp³-hybridized carbons (Fsp3) is 0.357. The summed E-state index contributed by atoms with van der Waals surface area (Å²) >= 11 is 1.68. The van der Waals surface area contributed by atoms with E-state index in [-0.39, 0.29) is 36.8 Å². The van der Waals surface area contributed by atoms with Crippen molar-refractivity contribution in [1.82, 2.24) is 9.80 Å². The molecule has 7 heteroatoms. The highest BCUT2D eigenvalue weighted by atomic mass is 32.1. The third-order valence-electron chi connectivity index (χ3n) is 6.27. The van der Waals surface area contributed by atoms with Crippen LogP contribution < -0.4 is 0 Å². The number of hydrogen-bond donors (Lipinski definition) is 0. The minimum absolute atomic E-state index is 0.00466. The van der Waals surface area contributed by atoms with Crippen molar-refractivity contribution >= 4 is 23.2 Å². The van der Waals surface area contributed by atoms with E-state index in [9.17, 15) is 14.0 Å². The van der Waals surface area contributed by atoms with E-state index in [1.807, 2.05) is 46.7 Å². The van der Waals surface area contributed by atoms with Crippen LogP contribution in [-0.2, 0) is 27.4 Å². The Balaban J connectivity index is 1.46. The number of thiophene rings is 1. The highest BCUT2D eigenvalue weighted by molar-refractivity contribution is 7.10. The Morgan fingerprint density at radius 1 is 1.11 bits per heavy atom. The molecule has 35 heavy (non-hydrogen) atoms. The summed E-state index contributed by atoms with van der Waals surface area (Å²) in [6, 6.07) is 17.8. The summed E-state index contributed by atoms with van der Waals surface area (Å²) in [7, 11) is 0. The molecule has 5 nitrogen and oxygen atoms in total. The van der Waals surface area contributed by atoms with Gasteiger partial charge in [-0.1, -0.05) is 55.8 Å². The van der Waals surface area contributed by atoms with Gasteiger partial charge in [-0.2, -0.15) is 0 Å². The second-order valence-electron chi connectivity index (χ2n) is 8.74. The molecule has 1 aromatic heterocycles. The van der Waals surface area contributed by atoms with E-state index in [1.54, 1.807) is 28.4 Å². The molecule has 0 bridgehead atoms. The van der Waals surface area contributed by atoms with Crippen LogP contribution in [0.3, 0.4) is 0 Å². The van der Waals surface area contributed by atoms with Gasteiger partial charge in [0.15, 0.2) is 0 Å². The molecule has 184 valence electrons. The first-order valence-electron chi connectivity index (χ1n) is 12.1. The summed E-state index contributed by atoms with van der Waals surface area (Å²) in [5.41, 5.74) is 2.95. The van der Waals surface area contributed by atoms with Crippen molar-refractivity contribution in [2.24, 2.45) is 0 Å². The van der Waals surface area contributed by atoms with Gasteiger partial charge in [0, 0.05) is 18.0 Å². The summed E-state index contributed by atoms with van der Waals surface area (Å²) in [5, 5.41) is 2.04. The normalized spacial score (nSPS) is 15.0. The number of amides is 2. The Hall–Kier alpha value is -3.03. The Morgan fingerprint density at radius 3 is 2.63 bits per heavy atom. The molecule has 0 fully saturated rings. The first-order chi connectivity index (χ1) is 17.1. The van der Waals surface area contributed by atoms with Crippen molar-refractivity contribution in [2.75, 3.05) is 26.2 Å². The van der Waals surface area contributed by atoms with Gasteiger partial charge in [-0.25, -0.2) is 4.39 Å². The number of benzene rings is 2. The molecular formula is C28H31FN2O3S. The predicted molar refractivity (Wildman–Crippen MR) is 136 cm³/mol. The lowest BCUT2D eigenvalue weighted by Crippen LogP contribution is -2.47. The quantitative estimate of drug-likeness (QED) is 0.389. The smallest absolute Gasteiger partial charge is 0.249 e. The van der Waals surface area contributed by atoms with E-state index in [1.165, 1.54) is 17.0 Å². The van der Waals surface area contributed by atoms with Crippen molar-refractivity contribution in [3.05, 3.63) is 93.4 Å². The van der Waals surface area contributed by atoms with Crippen LogP contribution in [0.1, 0.15) is 47.4 Å². The molecule has 0 radical (unpaired) electrons. The van der Waals surface area contributed by atoms with Crippen LogP contribution in [0.25, 0.3) is 0 Å². The summed E-state index contributed by atoms with van der Waals surface area (Å²) in [5.74, 6) is -0.599. The first kappa shape index (κ1) is 25.1. The van der Waals surface area contributed by atoms with E-state index in [0.717, 1.165) is 36.0 Å². The standard InChI is InChI=1S/C28H31FN2O3S/c1-2-3-15-30(27(33)20-34-19-21-7-5-4-6-8-21)18-26(32)31-16-13-25-24(14-17-35-25)28(31)22-9-11-23(29)12-10-22/h4-12,14,17,28H,2-3,13,15-16,18-20H2,1H3. The summed E-state index contributed by atoms with van der Waals surface area (Å²) in [4.78, 5) is 31.3. The van der Waals surface area contributed by atoms with E-state index in [0.29, 0.717) is 19.7 Å². The van der Waals surface area contributed by atoms with Gasteiger partial charge in [0.2, 0.25) is 11.8 Å². The number of carbonyl (C=O) groups excluding carboxylic acids is 2. The molecule has 0 saturated heterocycles. The number of rotatable bonds is 10. The zero-order valence-electron chi connectivity index (χ0n) is 20.0. The zero-order valence-corrected chi connectivity index (χ0v) is 20.8. The number of halogens is 1. The molecule has 4 rings (SSSR count). The predicted octanol–water partition coefficient (Wildman–Crippen LogP) is 5.21. The summed E-state index contributed by atoms with van der Waals surface area (Å²) in [6.45, 7) is 3.42. The lowest BCUT2D eigenvalue weighted by atomic mass is 9.93. The molecule has 2 aromatic carbocycles. The van der Waals surface area contributed by atoms with E-state index in [2.05, 4.69) is 6.92 Å². The maximum absolute atomic E-state index is 13.6. The Labute approximate surface area is 210 Å². The van der Waals surface area contributed by atoms with Crippen molar-refractivity contribution in [3.8, 4) is 0 Å². The summed E-state index contributed by atoms with van der Waals surface area (Å²) < 4.78 is 19.3. The third-order valence-corrected chi connectivity index (χ3v) is 7.27. The molecule has 0 N–H and O–H groups in total. The van der Waals surface area contributed by atoms with Crippen molar-refractivity contribution in [1.29, 1.82) is 0 Å². The van der Waals surface area contributed by atoms with Crippen LogP contribution in [0.2, 0.25) is 0 Å². The molecule has 1 unspecified atom stereocenters. The van der Waals surface area contributed by atoms with Gasteiger partial charge in [-0.15, -0.1) is 11.3 Å². The van der Waals surface area contributed by atoms with Gasteiger partial charge < -0.3 is 14.5 Å². The average Bonchev–Trinajstić information content (AvgIpc) is 3.36. The van der Waals surface area contributed by atoms with Gasteiger partial charge >= 0.3 is 0 Å². The molecule has 1 aliphatic heterocycles. The number of fused-ring (bicyclic) bond motifs is 1. The van der Waals surface area contributed by atoms with Crippen LogP contribution >= 0.6 is 11.3 Å². The van der Waals surface area contributed by atoms with E-state index < -0.39 is 0 Å². The minimum Gasteiger partial charge on any atom is -0.367 e.